The lowest BCUT2D eigenvalue weighted by Crippen LogP contribution is -2.45. The third kappa shape index (κ3) is 5.58. The number of nitrogens with one attached hydrogen (secondary N) is 1. The van der Waals surface area contributed by atoms with Gasteiger partial charge in [0.05, 0.1) is 12.7 Å². The van der Waals surface area contributed by atoms with Gasteiger partial charge in [-0.05, 0) is 26.7 Å². The first-order valence-corrected chi connectivity index (χ1v) is 5.58. The van der Waals surface area contributed by atoms with Gasteiger partial charge in [0.1, 0.15) is 0 Å². The minimum atomic E-state index is -0.396. The molecular weight excluding hydrogens is 178 g/mol. The smallest absolute Gasteiger partial charge is 0.0897 e. The van der Waals surface area contributed by atoms with Crippen LogP contribution in [0.2, 0.25) is 0 Å². The average molecular weight is 203 g/mol. The van der Waals surface area contributed by atoms with E-state index in [2.05, 4.69) is 26.1 Å². The molecule has 0 fully saturated rings. The topological polar surface area (TPSA) is 41.5 Å². The monoisotopic (exact) mass is 203 g/mol. The van der Waals surface area contributed by atoms with Crippen LogP contribution in [0, 0.1) is 0 Å². The van der Waals surface area contributed by atoms with Crippen molar-refractivity contribution in [1.82, 2.24) is 5.32 Å². The van der Waals surface area contributed by atoms with Crippen LogP contribution in [0.25, 0.3) is 0 Å². The maximum atomic E-state index is 9.55. The SMILES string of the molecule is CCOCC(O)CNC(C)(CC)CC. The molecule has 1 atom stereocenters. The molecule has 0 aromatic heterocycles. The zero-order valence-corrected chi connectivity index (χ0v) is 9.97. The Balaban J connectivity index is 3.68. The number of aliphatic hydroxyl groups excluding tert-OH is 1. The Morgan fingerprint density at radius 3 is 2.29 bits per heavy atom. The van der Waals surface area contributed by atoms with Crippen molar-refractivity contribution in [3.05, 3.63) is 0 Å². The Hall–Kier alpha value is -0.120. The van der Waals surface area contributed by atoms with Crippen molar-refractivity contribution in [2.24, 2.45) is 0 Å². The van der Waals surface area contributed by atoms with E-state index in [0.29, 0.717) is 19.8 Å². The van der Waals surface area contributed by atoms with E-state index in [4.69, 9.17) is 4.74 Å². The molecule has 0 bridgehead atoms. The summed E-state index contributed by atoms with van der Waals surface area (Å²) < 4.78 is 5.14. The van der Waals surface area contributed by atoms with Crippen LogP contribution in [0.1, 0.15) is 40.5 Å². The molecule has 0 saturated carbocycles. The predicted octanol–water partition coefficient (Wildman–Crippen LogP) is 1.55. The van der Waals surface area contributed by atoms with Gasteiger partial charge in [0.15, 0.2) is 0 Å². The van der Waals surface area contributed by atoms with Crippen LogP contribution < -0.4 is 5.32 Å². The average Bonchev–Trinajstić information content (AvgIpc) is 2.23. The molecule has 0 saturated heterocycles. The molecule has 86 valence electrons. The summed E-state index contributed by atoms with van der Waals surface area (Å²) in [6.45, 7) is 10.1. The van der Waals surface area contributed by atoms with Gasteiger partial charge >= 0.3 is 0 Å². The Labute approximate surface area is 87.8 Å². The van der Waals surface area contributed by atoms with Crippen molar-refractivity contribution in [2.75, 3.05) is 19.8 Å². The van der Waals surface area contributed by atoms with E-state index >= 15 is 0 Å². The van der Waals surface area contributed by atoms with E-state index in [0.717, 1.165) is 12.8 Å². The molecule has 1 unspecified atom stereocenters. The van der Waals surface area contributed by atoms with Gasteiger partial charge in [0.2, 0.25) is 0 Å². The first kappa shape index (κ1) is 13.9. The van der Waals surface area contributed by atoms with E-state index in [-0.39, 0.29) is 5.54 Å². The Morgan fingerprint density at radius 2 is 1.86 bits per heavy atom. The molecule has 0 aromatic rings. The lowest BCUT2D eigenvalue weighted by molar-refractivity contribution is 0.0382. The fourth-order valence-electron chi connectivity index (χ4n) is 1.18. The largest absolute Gasteiger partial charge is 0.389 e. The summed E-state index contributed by atoms with van der Waals surface area (Å²) in [4.78, 5) is 0. The van der Waals surface area contributed by atoms with Crippen molar-refractivity contribution in [1.29, 1.82) is 0 Å². The number of β-amino-alcohol motifs (C(OH)–C–C–N with tert-alkyl or cyclic N) is 1. The molecule has 14 heavy (non-hydrogen) atoms. The molecule has 0 heterocycles. The highest BCUT2D eigenvalue weighted by molar-refractivity contribution is 4.80. The number of ether oxygens (including phenoxy) is 1. The summed E-state index contributed by atoms with van der Waals surface area (Å²) >= 11 is 0. The summed E-state index contributed by atoms with van der Waals surface area (Å²) in [7, 11) is 0. The van der Waals surface area contributed by atoms with Crippen LogP contribution in [0.3, 0.4) is 0 Å². The van der Waals surface area contributed by atoms with Crippen molar-refractivity contribution in [3.8, 4) is 0 Å². The third-order valence-electron chi connectivity index (χ3n) is 2.84. The minimum absolute atomic E-state index is 0.146. The van der Waals surface area contributed by atoms with Crippen LogP contribution in [0.5, 0.6) is 0 Å². The summed E-state index contributed by atoms with van der Waals surface area (Å²) in [6.07, 6.45) is 1.75. The number of hydrogen-bond acceptors (Lipinski definition) is 3. The molecule has 2 N–H and O–H groups in total. The van der Waals surface area contributed by atoms with Crippen molar-refractivity contribution in [3.63, 3.8) is 0 Å². The third-order valence-corrected chi connectivity index (χ3v) is 2.84. The van der Waals surface area contributed by atoms with Crippen LogP contribution in [-0.4, -0.2) is 36.5 Å². The van der Waals surface area contributed by atoms with Crippen molar-refractivity contribution in [2.45, 2.75) is 52.2 Å². The molecule has 0 aromatic carbocycles. The number of aliphatic hydroxyl groups is 1. The number of rotatable bonds is 8. The summed E-state index contributed by atoms with van der Waals surface area (Å²) in [5.41, 5.74) is 0.146. The van der Waals surface area contributed by atoms with Crippen LogP contribution in [-0.2, 0) is 4.74 Å². The van der Waals surface area contributed by atoms with E-state index in [1.54, 1.807) is 0 Å². The van der Waals surface area contributed by atoms with Crippen LogP contribution >= 0.6 is 0 Å². The zero-order valence-electron chi connectivity index (χ0n) is 9.97. The highest BCUT2D eigenvalue weighted by Crippen LogP contribution is 2.12. The lowest BCUT2D eigenvalue weighted by atomic mass is 9.95. The predicted molar refractivity (Wildman–Crippen MR) is 59.5 cm³/mol. The summed E-state index contributed by atoms with van der Waals surface area (Å²) in [5, 5.41) is 12.9. The lowest BCUT2D eigenvalue weighted by Gasteiger charge is -2.29. The maximum Gasteiger partial charge on any atom is 0.0897 e. The van der Waals surface area contributed by atoms with Gasteiger partial charge in [-0.2, -0.15) is 0 Å². The second kappa shape index (κ2) is 7.21. The molecule has 0 spiro atoms. The number of hydrogen-bond donors (Lipinski definition) is 2. The van der Waals surface area contributed by atoms with Crippen molar-refractivity contribution < 1.29 is 9.84 Å². The Kier molecular flexibility index (Phi) is 7.15. The molecule has 0 rings (SSSR count). The maximum absolute atomic E-state index is 9.55. The van der Waals surface area contributed by atoms with E-state index in [1.807, 2.05) is 6.92 Å². The minimum Gasteiger partial charge on any atom is -0.389 e. The van der Waals surface area contributed by atoms with E-state index in [1.165, 1.54) is 0 Å². The van der Waals surface area contributed by atoms with Gasteiger partial charge in [-0.15, -0.1) is 0 Å². The highest BCUT2D eigenvalue weighted by atomic mass is 16.5. The van der Waals surface area contributed by atoms with E-state index in [9.17, 15) is 5.11 Å². The first-order chi connectivity index (χ1) is 6.58. The molecule has 0 amide bonds. The molecule has 0 aliphatic heterocycles. The quantitative estimate of drug-likeness (QED) is 0.629. The first-order valence-electron chi connectivity index (χ1n) is 5.58. The summed E-state index contributed by atoms with van der Waals surface area (Å²) in [6, 6.07) is 0. The Morgan fingerprint density at radius 1 is 1.29 bits per heavy atom. The second-order valence-corrected chi connectivity index (χ2v) is 3.96. The van der Waals surface area contributed by atoms with Gasteiger partial charge in [-0.25, -0.2) is 0 Å². The van der Waals surface area contributed by atoms with Gasteiger partial charge in [-0.1, -0.05) is 13.8 Å². The molecular formula is C11H25NO2. The fraction of sp³-hybridized carbons (Fsp3) is 1.00. The van der Waals surface area contributed by atoms with Gasteiger partial charge < -0.3 is 15.2 Å². The van der Waals surface area contributed by atoms with Gasteiger partial charge in [-0.3, -0.25) is 0 Å². The van der Waals surface area contributed by atoms with Gasteiger partial charge in [0.25, 0.3) is 0 Å². The highest BCUT2D eigenvalue weighted by Gasteiger charge is 2.19. The molecule has 0 aliphatic rings. The molecule has 0 radical (unpaired) electrons. The fourth-order valence-corrected chi connectivity index (χ4v) is 1.18. The summed E-state index contributed by atoms with van der Waals surface area (Å²) in [5.74, 6) is 0. The second-order valence-electron chi connectivity index (χ2n) is 3.96. The van der Waals surface area contributed by atoms with E-state index < -0.39 is 6.10 Å². The van der Waals surface area contributed by atoms with Crippen molar-refractivity contribution >= 4 is 0 Å². The Bertz CT molecular complexity index is 135. The molecule has 3 heteroatoms. The molecule has 0 aliphatic carbocycles. The standard InChI is InChI=1S/C11H25NO2/c1-5-11(4,6-2)12-8-10(13)9-14-7-3/h10,12-13H,5-9H2,1-4H3. The molecule has 3 nitrogen and oxygen atoms in total. The zero-order chi connectivity index (χ0) is 11.0. The normalized spacial score (nSPS) is 14.4. The van der Waals surface area contributed by atoms with Gasteiger partial charge in [0, 0.05) is 18.7 Å². The van der Waals surface area contributed by atoms with Crippen LogP contribution in [0.15, 0.2) is 0 Å². The van der Waals surface area contributed by atoms with Crippen LogP contribution in [0.4, 0.5) is 0 Å².